The predicted octanol–water partition coefficient (Wildman–Crippen LogP) is 2.31. The van der Waals surface area contributed by atoms with Crippen molar-refractivity contribution in [2.75, 3.05) is 13.1 Å². The largest absolute Gasteiger partial charge is 0.349 e. The van der Waals surface area contributed by atoms with Crippen molar-refractivity contribution in [3.8, 4) is 0 Å². The maximum absolute atomic E-state index is 12.4. The van der Waals surface area contributed by atoms with Gasteiger partial charge in [0.05, 0.1) is 5.69 Å². The van der Waals surface area contributed by atoms with Crippen LogP contribution in [0.25, 0.3) is 0 Å². The standard InChI is InChI=1S/C20H26N4O2/c1-15-14-16(2)24(22-15)13-10-19(25)23-11-8-18(9-12-23)21-20(26)17-6-4-3-5-7-17/h3-7,14,18H,8-13H2,1-2H3,(H,21,26). The second-order valence-electron chi connectivity index (χ2n) is 6.89. The molecule has 6 nitrogen and oxygen atoms in total. The summed E-state index contributed by atoms with van der Waals surface area (Å²) in [7, 11) is 0. The fraction of sp³-hybridized carbons (Fsp3) is 0.450. The maximum Gasteiger partial charge on any atom is 0.251 e. The minimum absolute atomic E-state index is 0.0418. The lowest BCUT2D eigenvalue weighted by atomic mass is 10.0. The van der Waals surface area contributed by atoms with Gasteiger partial charge in [-0.05, 0) is 44.9 Å². The average Bonchev–Trinajstić information content (AvgIpc) is 2.98. The summed E-state index contributed by atoms with van der Waals surface area (Å²) in [5.74, 6) is 0.116. The van der Waals surface area contributed by atoms with Crippen LogP contribution in [0.4, 0.5) is 0 Å². The van der Waals surface area contributed by atoms with E-state index in [-0.39, 0.29) is 17.9 Å². The fourth-order valence-electron chi connectivity index (χ4n) is 3.39. The second-order valence-corrected chi connectivity index (χ2v) is 6.89. The van der Waals surface area contributed by atoms with Crippen molar-refractivity contribution in [3.05, 3.63) is 53.3 Å². The predicted molar refractivity (Wildman–Crippen MR) is 99.8 cm³/mol. The van der Waals surface area contributed by atoms with Crippen LogP contribution in [-0.2, 0) is 11.3 Å². The normalized spacial score (nSPS) is 15.1. The number of nitrogens with zero attached hydrogens (tertiary/aromatic N) is 3. The molecule has 1 aliphatic heterocycles. The van der Waals surface area contributed by atoms with Crippen molar-refractivity contribution in [2.45, 2.75) is 45.7 Å². The van der Waals surface area contributed by atoms with Crippen molar-refractivity contribution in [1.82, 2.24) is 20.0 Å². The Morgan fingerprint density at radius 3 is 2.46 bits per heavy atom. The highest BCUT2D eigenvalue weighted by Crippen LogP contribution is 2.13. The Morgan fingerprint density at radius 2 is 1.85 bits per heavy atom. The van der Waals surface area contributed by atoms with Gasteiger partial charge in [-0.25, -0.2) is 0 Å². The monoisotopic (exact) mass is 354 g/mol. The molecule has 1 aromatic heterocycles. The SMILES string of the molecule is Cc1cc(C)n(CCC(=O)N2CCC(NC(=O)c3ccccc3)CC2)n1. The van der Waals surface area contributed by atoms with Gasteiger partial charge in [-0.2, -0.15) is 5.10 Å². The molecule has 0 radical (unpaired) electrons. The summed E-state index contributed by atoms with van der Waals surface area (Å²) in [6, 6.07) is 11.4. The number of amides is 2. The smallest absolute Gasteiger partial charge is 0.251 e. The Bertz CT molecular complexity index is 761. The molecule has 0 bridgehead atoms. The number of nitrogens with one attached hydrogen (secondary N) is 1. The van der Waals surface area contributed by atoms with Gasteiger partial charge < -0.3 is 10.2 Å². The third-order valence-electron chi connectivity index (χ3n) is 4.86. The van der Waals surface area contributed by atoms with E-state index in [1.54, 1.807) is 0 Å². The Balaban J connectivity index is 1.43. The molecule has 0 spiro atoms. The molecule has 1 saturated heterocycles. The number of hydrogen-bond acceptors (Lipinski definition) is 3. The van der Waals surface area contributed by atoms with Crippen LogP contribution in [0.5, 0.6) is 0 Å². The summed E-state index contributed by atoms with van der Waals surface area (Å²) < 4.78 is 1.89. The van der Waals surface area contributed by atoms with Crippen LogP contribution in [0.15, 0.2) is 36.4 Å². The van der Waals surface area contributed by atoms with Gasteiger partial charge in [0.25, 0.3) is 5.91 Å². The van der Waals surface area contributed by atoms with E-state index in [1.165, 1.54) is 0 Å². The molecule has 1 aromatic carbocycles. The summed E-state index contributed by atoms with van der Waals surface area (Å²) in [5, 5.41) is 7.47. The molecule has 138 valence electrons. The van der Waals surface area contributed by atoms with E-state index >= 15 is 0 Å². The molecule has 2 amide bonds. The summed E-state index contributed by atoms with van der Waals surface area (Å²) in [6.07, 6.45) is 2.05. The fourth-order valence-corrected chi connectivity index (χ4v) is 3.39. The van der Waals surface area contributed by atoms with Gasteiger partial charge in [0.15, 0.2) is 0 Å². The van der Waals surface area contributed by atoms with E-state index < -0.39 is 0 Å². The van der Waals surface area contributed by atoms with Gasteiger partial charge in [0.1, 0.15) is 0 Å². The number of benzene rings is 1. The minimum atomic E-state index is -0.0418. The maximum atomic E-state index is 12.4. The van der Waals surface area contributed by atoms with Crippen molar-refractivity contribution in [2.24, 2.45) is 0 Å². The van der Waals surface area contributed by atoms with Crippen LogP contribution in [0.1, 0.15) is 41.0 Å². The molecule has 2 heterocycles. The third-order valence-corrected chi connectivity index (χ3v) is 4.86. The van der Waals surface area contributed by atoms with Crippen LogP contribution >= 0.6 is 0 Å². The van der Waals surface area contributed by atoms with Crippen LogP contribution in [0.2, 0.25) is 0 Å². The Labute approximate surface area is 154 Å². The van der Waals surface area contributed by atoms with E-state index in [9.17, 15) is 9.59 Å². The average molecular weight is 354 g/mol. The highest BCUT2D eigenvalue weighted by molar-refractivity contribution is 5.94. The second kappa shape index (κ2) is 8.17. The number of piperidine rings is 1. The molecule has 1 N–H and O–H groups in total. The molecule has 0 unspecified atom stereocenters. The molecule has 2 aromatic rings. The molecule has 1 aliphatic rings. The molecule has 0 saturated carbocycles. The number of carbonyl (C=O) groups is 2. The number of carbonyl (C=O) groups excluding carboxylic acids is 2. The summed E-state index contributed by atoms with van der Waals surface area (Å²) in [5.41, 5.74) is 2.73. The minimum Gasteiger partial charge on any atom is -0.349 e. The molecule has 3 rings (SSSR count). The first-order valence-corrected chi connectivity index (χ1v) is 9.17. The van der Waals surface area contributed by atoms with Gasteiger partial charge in [-0.1, -0.05) is 18.2 Å². The van der Waals surface area contributed by atoms with Crippen LogP contribution in [0.3, 0.4) is 0 Å². The first-order valence-electron chi connectivity index (χ1n) is 9.17. The highest BCUT2D eigenvalue weighted by Gasteiger charge is 2.24. The zero-order chi connectivity index (χ0) is 18.5. The summed E-state index contributed by atoms with van der Waals surface area (Å²) >= 11 is 0. The van der Waals surface area contributed by atoms with Gasteiger partial charge in [0.2, 0.25) is 5.91 Å². The summed E-state index contributed by atoms with van der Waals surface area (Å²) in [6.45, 7) is 5.96. The van der Waals surface area contributed by atoms with Gasteiger partial charge in [0, 0.05) is 43.4 Å². The Hall–Kier alpha value is -2.63. The Kier molecular flexibility index (Phi) is 5.71. The zero-order valence-corrected chi connectivity index (χ0v) is 15.4. The molecule has 6 heteroatoms. The van der Waals surface area contributed by atoms with E-state index in [1.807, 2.05) is 59.8 Å². The number of aryl methyl sites for hydroxylation is 3. The van der Waals surface area contributed by atoms with E-state index in [0.717, 1.165) is 24.2 Å². The molecule has 0 aliphatic carbocycles. The molecule has 1 fully saturated rings. The van der Waals surface area contributed by atoms with E-state index in [4.69, 9.17) is 0 Å². The van der Waals surface area contributed by atoms with Gasteiger partial charge in [-0.15, -0.1) is 0 Å². The molecular formula is C20H26N4O2. The van der Waals surface area contributed by atoms with Gasteiger partial charge >= 0.3 is 0 Å². The lowest BCUT2D eigenvalue weighted by molar-refractivity contribution is -0.132. The van der Waals surface area contributed by atoms with Crippen molar-refractivity contribution in [3.63, 3.8) is 0 Å². The van der Waals surface area contributed by atoms with Crippen molar-refractivity contribution in [1.29, 1.82) is 0 Å². The number of rotatable bonds is 5. The zero-order valence-electron chi connectivity index (χ0n) is 15.4. The van der Waals surface area contributed by atoms with Crippen LogP contribution < -0.4 is 5.32 Å². The quantitative estimate of drug-likeness (QED) is 0.896. The lowest BCUT2D eigenvalue weighted by Crippen LogP contribution is -2.46. The first kappa shape index (κ1) is 18.2. The molecule has 26 heavy (non-hydrogen) atoms. The van der Waals surface area contributed by atoms with Crippen LogP contribution in [-0.4, -0.2) is 45.6 Å². The van der Waals surface area contributed by atoms with Crippen molar-refractivity contribution >= 4 is 11.8 Å². The highest BCUT2D eigenvalue weighted by atomic mass is 16.2. The molecular weight excluding hydrogens is 328 g/mol. The Morgan fingerprint density at radius 1 is 1.15 bits per heavy atom. The topological polar surface area (TPSA) is 67.2 Å². The number of hydrogen-bond donors (Lipinski definition) is 1. The number of aromatic nitrogens is 2. The van der Waals surface area contributed by atoms with E-state index in [2.05, 4.69) is 10.4 Å². The third kappa shape index (κ3) is 4.50. The lowest BCUT2D eigenvalue weighted by Gasteiger charge is -2.32. The first-order chi connectivity index (χ1) is 12.5. The molecule has 0 atom stereocenters. The van der Waals surface area contributed by atoms with Crippen molar-refractivity contribution < 1.29 is 9.59 Å². The number of likely N-dealkylation sites (tertiary alicyclic amines) is 1. The van der Waals surface area contributed by atoms with Gasteiger partial charge in [-0.3, -0.25) is 14.3 Å². The summed E-state index contributed by atoms with van der Waals surface area (Å²) in [4.78, 5) is 26.6. The van der Waals surface area contributed by atoms with Crippen LogP contribution in [0, 0.1) is 13.8 Å². The van der Waals surface area contributed by atoms with E-state index in [0.29, 0.717) is 31.6 Å².